The maximum atomic E-state index is 9.97. The first kappa shape index (κ1) is 47.5. The van der Waals surface area contributed by atoms with Gasteiger partial charge in [-0.05, 0) is 23.7 Å². The van der Waals surface area contributed by atoms with Crippen LogP contribution in [0.5, 0.6) is 0 Å². The van der Waals surface area contributed by atoms with Crippen molar-refractivity contribution in [3.8, 4) is 0 Å². The second-order valence-corrected chi connectivity index (χ2v) is 11.8. The third-order valence-electron chi connectivity index (χ3n) is 5.70. The van der Waals surface area contributed by atoms with E-state index >= 15 is 0 Å². The fraction of sp³-hybridized carbons (Fsp3) is 1.00. The summed E-state index contributed by atoms with van der Waals surface area (Å²) in [6.07, 6.45) is 18.0. The summed E-state index contributed by atoms with van der Waals surface area (Å²) in [6.45, 7) is 18.2. The van der Waals surface area contributed by atoms with Crippen LogP contribution in [0.3, 0.4) is 0 Å². The van der Waals surface area contributed by atoms with Crippen molar-refractivity contribution in [1.82, 2.24) is 0 Å². The van der Waals surface area contributed by atoms with E-state index in [2.05, 4.69) is 55.4 Å². The normalized spacial score (nSPS) is 10.4. The van der Waals surface area contributed by atoms with E-state index in [0.717, 1.165) is 75.0 Å². The molecule has 0 aliphatic carbocycles. The van der Waals surface area contributed by atoms with Crippen LogP contribution in [0, 0.1) is 23.7 Å². The monoisotopic (exact) mass is 606 g/mol. The summed E-state index contributed by atoms with van der Waals surface area (Å²) < 4.78 is 0. The minimum atomic E-state index is 0. The van der Waals surface area contributed by atoms with Gasteiger partial charge in [0.05, 0.1) is 0 Å². The molecule has 0 aromatic heterocycles. The first-order chi connectivity index (χ1) is 17.1. The Kier molecular flexibility index (Phi) is 56.2. The molecule has 0 saturated carbocycles. The third kappa shape index (κ3) is 72.4. The van der Waals surface area contributed by atoms with Gasteiger partial charge in [0.15, 0.2) is 0 Å². The van der Waals surface area contributed by atoms with Crippen molar-refractivity contribution >= 4 is 0 Å². The third-order valence-corrected chi connectivity index (χ3v) is 5.70. The molecule has 0 spiro atoms. The van der Waals surface area contributed by atoms with Gasteiger partial charge in [-0.2, -0.15) is 0 Å². The average molecular weight is 608 g/mol. The van der Waals surface area contributed by atoms with Gasteiger partial charge in [-0.25, -0.2) is 0 Å². The minimum Gasteiger partial charge on any atom is -0.854 e. The fourth-order valence-electron chi connectivity index (χ4n) is 3.33. The Balaban J connectivity index is -0.000000122. The van der Waals surface area contributed by atoms with E-state index in [4.69, 9.17) is 0 Å². The van der Waals surface area contributed by atoms with Crippen molar-refractivity contribution in [3.63, 3.8) is 0 Å². The molecule has 0 heterocycles. The largest absolute Gasteiger partial charge is 4.00 e. The molecule has 0 aromatic rings. The van der Waals surface area contributed by atoms with Crippen LogP contribution >= 0.6 is 0 Å². The van der Waals surface area contributed by atoms with Gasteiger partial charge in [0.1, 0.15) is 0 Å². The number of hydrogen-bond donors (Lipinski definition) is 0. The number of rotatable bonds is 20. The SMILES string of the molecule is CC(C)CCCCC[O-].CC(C)CCCCC[O-].CC(C)CCCCC[O-].CC(C)CCCCC[O-].[Zr+4]. The standard InChI is InChI=1S/4C8H17O.Zr/c4*1-8(2)6-4-3-5-7-9;/h4*8H,3-7H2,1-2H3;/q4*-1;+4. The van der Waals surface area contributed by atoms with E-state index in [9.17, 15) is 20.4 Å². The molecule has 0 aliphatic rings. The first-order valence-electron chi connectivity index (χ1n) is 15.4. The van der Waals surface area contributed by atoms with Crippen LogP contribution in [0.25, 0.3) is 0 Å². The van der Waals surface area contributed by atoms with Gasteiger partial charge in [-0.3, -0.25) is 0 Å². The van der Waals surface area contributed by atoms with Crippen molar-refractivity contribution < 1.29 is 46.6 Å². The van der Waals surface area contributed by atoms with E-state index in [1.54, 1.807) is 0 Å². The second-order valence-electron chi connectivity index (χ2n) is 11.8. The topological polar surface area (TPSA) is 92.2 Å². The number of unbranched alkanes of at least 4 members (excludes halogenated alkanes) is 8. The van der Waals surface area contributed by atoms with E-state index in [1.165, 1.54) is 51.4 Å². The molecule has 0 aromatic carbocycles. The van der Waals surface area contributed by atoms with Crippen molar-refractivity contribution in [2.75, 3.05) is 26.4 Å². The van der Waals surface area contributed by atoms with E-state index in [-0.39, 0.29) is 52.6 Å². The molecular weight excluding hydrogens is 540 g/mol. The molecule has 0 aliphatic heterocycles. The quantitative estimate of drug-likeness (QED) is 0.153. The van der Waals surface area contributed by atoms with Gasteiger partial charge in [0, 0.05) is 0 Å². The maximum Gasteiger partial charge on any atom is 4.00 e. The van der Waals surface area contributed by atoms with Gasteiger partial charge >= 0.3 is 26.2 Å². The zero-order chi connectivity index (χ0) is 28.5. The molecule has 0 rings (SSSR count). The van der Waals surface area contributed by atoms with Gasteiger partial charge in [0.25, 0.3) is 0 Å². The van der Waals surface area contributed by atoms with Crippen molar-refractivity contribution in [2.45, 2.75) is 158 Å². The van der Waals surface area contributed by atoms with Crippen LogP contribution in [0.15, 0.2) is 0 Å². The summed E-state index contributed by atoms with van der Waals surface area (Å²) in [5, 5.41) is 39.9. The smallest absolute Gasteiger partial charge is 0.854 e. The summed E-state index contributed by atoms with van der Waals surface area (Å²) in [6, 6.07) is 0. The Labute approximate surface area is 253 Å². The van der Waals surface area contributed by atoms with E-state index in [0.29, 0.717) is 0 Å². The van der Waals surface area contributed by atoms with Gasteiger partial charge in [0.2, 0.25) is 0 Å². The van der Waals surface area contributed by atoms with Crippen molar-refractivity contribution in [1.29, 1.82) is 0 Å². The summed E-state index contributed by atoms with van der Waals surface area (Å²) in [4.78, 5) is 0. The molecular formula is C32H68O4Zr. The minimum absolute atomic E-state index is 0. The maximum absolute atomic E-state index is 9.97. The summed E-state index contributed by atoms with van der Waals surface area (Å²) in [5.74, 6) is 3.21. The molecule has 37 heavy (non-hydrogen) atoms. The predicted molar refractivity (Wildman–Crippen MR) is 153 cm³/mol. The second kappa shape index (κ2) is 43.8. The molecule has 0 radical (unpaired) electrons. The van der Waals surface area contributed by atoms with Crippen LogP contribution in [0.2, 0.25) is 0 Å². The molecule has 0 saturated heterocycles. The van der Waals surface area contributed by atoms with Crippen LogP contribution in [-0.4, -0.2) is 26.4 Å². The summed E-state index contributed by atoms with van der Waals surface area (Å²) >= 11 is 0. The number of hydrogen-bond acceptors (Lipinski definition) is 4. The average Bonchev–Trinajstić information content (AvgIpc) is 2.81. The van der Waals surface area contributed by atoms with Crippen LogP contribution in [0.1, 0.15) is 158 Å². The molecule has 0 fully saturated rings. The molecule has 0 atom stereocenters. The molecule has 0 N–H and O–H groups in total. The Morgan fingerprint density at radius 2 is 0.459 bits per heavy atom. The van der Waals surface area contributed by atoms with Gasteiger partial charge < -0.3 is 20.4 Å². The molecule has 224 valence electrons. The fourth-order valence-corrected chi connectivity index (χ4v) is 3.33. The molecule has 4 nitrogen and oxygen atoms in total. The Bertz CT molecular complexity index is 273. The predicted octanol–water partition coefficient (Wildman–Crippen LogP) is 6.25. The zero-order valence-corrected chi connectivity index (χ0v) is 29.0. The first-order valence-corrected chi connectivity index (χ1v) is 15.4. The Morgan fingerprint density at radius 3 is 0.568 bits per heavy atom. The molecule has 5 heteroatoms. The van der Waals surface area contributed by atoms with Crippen molar-refractivity contribution in [3.05, 3.63) is 0 Å². The molecule has 0 bridgehead atoms. The molecule has 0 amide bonds. The summed E-state index contributed by atoms with van der Waals surface area (Å²) in [5.41, 5.74) is 0. The van der Waals surface area contributed by atoms with Crippen LogP contribution < -0.4 is 20.4 Å². The summed E-state index contributed by atoms with van der Waals surface area (Å²) in [7, 11) is 0. The van der Waals surface area contributed by atoms with E-state index < -0.39 is 0 Å². The Morgan fingerprint density at radius 1 is 0.297 bits per heavy atom. The molecule has 0 unspecified atom stereocenters. The van der Waals surface area contributed by atoms with Gasteiger partial charge in [-0.15, -0.1) is 26.4 Å². The van der Waals surface area contributed by atoms with Gasteiger partial charge in [-0.1, -0.05) is 158 Å². The van der Waals surface area contributed by atoms with E-state index in [1.807, 2.05) is 0 Å². The zero-order valence-electron chi connectivity index (χ0n) is 26.6. The van der Waals surface area contributed by atoms with Crippen molar-refractivity contribution in [2.24, 2.45) is 23.7 Å². The van der Waals surface area contributed by atoms with Crippen LogP contribution in [-0.2, 0) is 26.2 Å². The Hall–Kier alpha value is 0.723. The van der Waals surface area contributed by atoms with Crippen LogP contribution in [0.4, 0.5) is 0 Å².